The number of nitrogens with zero attached hydrogens (tertiary/aromatic N) is 2. The highest BCUT2D eigenvalue weighted by molar-refractivity contribution is 5.96. The largest absolute Gasteiger partial charge is 0.493 e. The van der Waals surface area contributed by atoms with Crippen molar-refractivity contribution < 1.29 is 19.1 Å². The van der Waals surface area contributed by atoms with Gasteiger partial charge in [-0.05, 0) is 50.1 Å². The van der Waals surface area contributed by atoms with E-state index in [4.69, 9.17) is 9.47 Å². The van der Waals surface area contributed by atoms with Gasteiger partial charge in [-0.2, -0.15) is 0 Å². The van der Waals surface area contributed by atoms with Gasteiger partial charge in [-0.25, -0.2) is 0 Å². The van der Waals surface area contributed by atoms with Crippen LogP contribution in [0, 0.1) is 5.92 Å². The molecular formula is C23H28N2O4. The number of hydrogen-bond acceptors (Lipinski definition) is 4. The van der Waals surface area contributed by atoms with E-state index in [1.165, 1.54) is 0 Å². The molecule has 0 spiro atoms. The predicted molar refractivity (Wildman–Crippen MR) is 113 cm³/mol. The van der Waals surface area contributed by atoms with Crippen molar-refractivity contribution in [3.05, 3.63) is 54.1 Å². The Morgan fingerprint density at radius 2 is 1.66 bits per heavy atom. The molecule has 6 nitrogen and oxygen atoms in total. The maximum absolute atomic E-state index is 13.0. The van der Waals surface area contributed by atoms with Crippen molar-refractivity contribution in [2.24, 2.45) is 5.92 Å². The van der Waals surface area contributed by atoms with Crippen LogP contribution in [0.4, 0.5) is 5.69 Å². The van der Waals surface area contributed by atoms with E-state index in [-0.39, 0.29) is 17.7 Å². The molecule has 1 saturated heterocycles. The first kappa shape index (κ1) is 20.7. The molecule has 3 rings (SSSR count). The summed E-state index contributed by atoms with van der Waals surface area (Å²) in [6, 6.07) is 14.9. The fourth-order valence-corrected chi connectivity index (χ4v) is 3.78. The third-order valence-corrected chi connectivity index (χ3v) is 5.41. The molecule has 2 amide bonds. The first-order chi connectivity index (χ1) is 14.1. The average Bonchev–Trinajstić information content (AvgIpc) is 2.79. The van der Waals surface area contributed by atoms with Crippen LogP contribution in [0.5, 0.6) is 11.5 Å². The third-order valence-electron chi connectivity index (χ3n) is 5.41. The summed E-state index contributed by atoms with van der Waals surface area (Å²) < 4.78 is 10.5. The Morgan fingerprint density at radius 1 is 1.00 bits per heavy atom. The number of benzene rings is 2. The first-order valence-electron chi connectivity index (χ1n) is 9.96. The molecule has 0 bridgehead atoms. The molecule has 1 fully saturated rings. The highest BCUT2D eigenvalue weighted by atomic mass is 16.5. The number of likely N-dealkylation sites (tertiary alicyclic amines) is 1. The number of anilines is 1. The molecule has 154 valence electrons. The van der Waals surface area contributed by atoms with Crippen LogP contribution < -0.4 is 14.4 Å². The quantitative estimate of drug-likeness (QED) is 0.748. The van der Waals surface area contributed by atoms with Crippen LogP contribution in [0.15, 0.2) is 48.5 Å². The molecular weight excluding hydrogens is 368 g/mol. The molecule has 1 heterocycles. The fourth-order valence-electron chi connectivity index (χ4n) is 3.78. The van der Waals surface area contributed by atoms with Crippen LogP contribution in [0.2, 0.25) is 0 Å². The summed E-state index contributed by atoms with van der Waals surface area (Å²) in [5.41, 5.74) is 1.48. The minimum Gasteiger partial charge on any atom is -0.493 e. The number of hydrogen-bond donors (Lipinski definition) is 0. The number of para-hydroxylation sites is 1. The van der Waals surface area contributed by atoms with Crippen molar-refractivity contribution >= 4 is 17.5 Å². The molecule has 0 N–H and O–H groups in total. The maximum Gasteiger partial charge on any atom is 0.253 e. The van der Waals surface area contributed by atoms with Crippen LogP contribution >= 0.6 is 0 Å². The molecule has 0 atom stereocenters. The fraction of sp³-hybridized carbons (Fsp3) is 0.391. The van der Waals surface area contributed by atoms with Gasteiger partial charge in [-0.3, -0.25) is 9.59 Å². The standard InChI is InChI=1S/C23H28N2O4/c1-4-25(19-8-6-5-7-9-19)23(27)17-12-14-24(15-13-17)22(26)18-10-11-20(28-2)21(16-18)29-3/h5-11,16-17H,4,12-15H2,1-3H3. The van der Waals surface area contributed by atoms with Gasteiger partial charge in [-0.15, -0.1) is 0 Å². The summed E-state index contributed by atoms with van der Waals surface area (Å²) in [6.07, 6.45) is 1.34. The highest BCUT2D eigenvalue weighted by Gasteiger charge is 2.30. The summed E-state index contributed by atoms with van der Waals surface area (Å²) in [4.78, 5) is 29.6. The summed E-state index contributed by atoms with van der Waals surface area (Å²) in [5.74, 6) is 1.15. The molecule has 1 aliphatic rings. The predicted octanol–water partition coefficient (Wildman–Crippen LogP) is 3.61. The second-order valence-electron chi connectivity index (χ2n) is 7.05. The second kappa shape index (κ2) is 9.45. The van der Waals surface area contributed by atoms with E-state index in [1.807, 2.05) is 47.1 Å². The lowest BCUT2D eigenvalue weighted by Crippen LogP contribution is -2.44. The normalized spacial score (nSPS) is 14.4. The minimum absolute atomic E-state index is 0.0488. The topological polar surface area (TPSA) is 59.1 Å². The number of piperidine rings is 1. The van der Waals surface area contributed by atoms with Gasteiger partial charge in [0.2, 0.25) is 5.91 Å². The Labute approximate surface area is 172 Å². The number of rotatable bonds is 6. The van der Waals surface area contributed by atoms with Crippen molar-refractivity contribution in [2.75, 3.05) is 38.8 Å². The van der Waals surface area contributed by atoms with E-state index in [0.29, 0.717) is 49.5 Å². The van der Waals surface area contributed by atoms with E-state index >= 15 is 0 Å². The van der Waals surface area contributed by atoms with Gasteiger partial charge in [0.05, 0.1) is 14.2 Å². The van der Waals surface area contributed by atoms with Gasteiger partial charge in [0.15, 0.2) is 11.5 Å². The van der Waals surface area contributed by atoms with E-state index in [2.05, 4.69) is 0 Å². The Kier molecular flexibility index (Phi) is 6.75. The Balaban J connectivity index is 1.64. The maximum atomic E-state index is 13.0. The SMILES string of the molecule is CCN(C(=O)C1CCN(C(=O)c2ccc(OC)c(OC)c2)CC1)c1ccccc1. The summed E-state index contributed by atoms with van der Waals surface area (Å²) in [7, 11) is 3.12. The van der Waals surface area contributed by atoms with E-state index in [9.17, 15) is 9.59 Å². The third kappa shape index (κ3) is 4.53. The van der Waals surface area contributed by atoms with Crippen LogP contribution in [-0.4, -0.2) is 50.6 Å². The molecule has 2 aromatic carbocycles. The van der Waals surface area contributed by atoms with Crippen LogP contribution in [0.1, 0.15) is 30.1 Å². The highest BCUT2D eigenvalue weighted by Crippen LogP contribution is 2.29. The molecule has 0 radical (unpaired) electrons. The number of amides is 2. The zero-order valence-corrected chi connectivity index (χ0v) is 17.3. The van der Waals surface area contributed by atoms with E-state index in [1.54, 1.807) is 32.4 Å². The molecule has 0 aliphatic carbocycles. The van der Waals surface area contributed by atoms with Crippen molar-refractivity contribution in [1.82, 2.24) is 4.90 Å². The van der Waals surface area contributed by atoms with Crippen LogP contribution in [-0.2, 0) is 4.79 Å². The van der Waals surface area contributed by atoms with Gasteiger partial charge in [0.1, 0.15) is 0 Å². The van der Waals surface area contributed by atoms with Crippen molar-refractivity contribution in [3.63, 3.8) is 0 Å². The van der Waals surface area contributed by atoms with Crippen LogP contribution in [0.25, 0.3) is 0 Å². The molecule has 0 unspecified atom stereocenters. The first-order valence-corrected chi connectivity index (χ1v) is 9.96. The van der Waals surface area contributed by atoms with Crippen LogP contribution in [0.3, 0.4) is 0 Å². The monoisotopic (exact) mass is 396 g/mol. The number of carbonyl (C=O) groups is 2. The van der Waals surface area contributed by atoms with Crippen molar-refractivity contribution in [3.8, 4) is 11.5 Å². The Morgan fingerprint density at radius 3 is 2.24 bits per heavy atom. The lowest BCUT2D eigenvalue weighted by atomic mass is 9.94. The van der Waals surface area contributed by atoms with E-state index < -0.39 is 0 Å². The summed E-state index contributed by atoms with van der Waals surface area (Å²) in [6.45, 7) is 3.75. The van der Waals surface area contributed by atoms with Gasteiger partial charge in [-0.1, -0.05) is 18.2 Å². The molecule has 2 aromatic rings. The lowest BCUT2D eigenvalue weighted by Gasteiger charge is -2.34. The number of ether oxygens (including phenoxy) is 2. The molecule has 1 aliphatic heterocycles. The molecule has 0 saturated carbocycles. The number of carbonyl (C=O) groups excluding carboxylic acids is 2. The summed E-state index contributed by atoms with van der Waals surface area (Å²) >= 11 is 0. The zero-order chi connectivity index (χ0) is 20.8. The van der Waals surface area contributed by atoms with Crippen molar-refractivity contribution in [1.29, 1.82) is 0 Å². The molecule has 0 aromatic heterocycles. The van der Waals surface area contributed by atoms with E-state index in [0.717, 1.165) is 5.69 Å². The smallest absolute Gasteiger partial charge is 0.253 e. The summed E-state index contributed by atoms with van der Waals surface area (Å²) in [5, 5.41) is 0. The molecule has 29 heavy (non-hydrogen) atoms. The van der Waals surface area contributed by atoms with Gasteiger partial charge < -0.3 is 19.3 Å². The van der Waals surface area contributed by atoms with Gasteiger partial charge in [0, 0.05) is 36.8 Å². The zero-order valence-electron chi connectivity index (χ0n) is 17.3. The lowest BCUT2D eigenvalue weighted by molar-refractivity contribution is -0.123. The van der Waals surface area contributed by atoms with Crippen molar-refractivity contribution in [2.45, 2.75) is 19.8 Å². The molecule has 6 heteroatoms. The Bertz CT molecular complexity index is 845. The number of methoxy groups -OCH3 is 2. The van der Waals surface area contributed by atoms with Gasteiger partial charge in [0.25, 0.3) is 5.91 Å². The second-order valence-corrected chi connectivity index (χ2v) is 7.05. The average molecular weight is 396 g/mol. The van der Waals surface area contributed by atoms with Gasteiger partial charge >= 0.3 is 0 Å². The minimum atomic E-state index is -0.0652. The Hall–Kier alpha value is -3.02.